The van der Waals surface area contributed by atoms with Gasteiger partial charge in [0.05, 0.1) is 29.4 Å². The minimum Gasteiger partial charge on any atom is -0.235 e. The molecule has 4 heteroatoms. The summed E-state index contributed by atoms with van der Waals surface area (Å²) in [6.07, 6.45) is 0.233. The second kappa shape index (κ2) is 4.54. The smallest absolute Gasteiger partial charge is 0.125 e. The van der Waals surface area contributed by atoms with Crippen molar-refractivity contribution in [1.29, 1.82) is 5.26 Å². The monoisotopic (exact) mass is 251 g/mol. The van der Waals surface area contributed by atoms with E-state index in [4.69, 9.17) is 5.26 Å². The van der Waals surface area contributed by atoms with Crippen LogP contribution in [-0.4, -0.2) is 9.78 Å². The number of hydrogen-bond acceptors (Lipinski definition) is 2. The molecule has 0 saturated heterocycles. The Bertz CT molecular complexity index is 783. The summed E-state index contributed by atoms with van der Waals surface area (Å²) in [4.78, 5) is 0. The van der Waals surface area contributed by atoms with Gasteiger partial charge in [-0.1, -0.05) is 24.3 Å². The molecular formula is C15H10FN3. The minimum absolute atomic E-state index is 0.233. The predicted molar refractivity (Wildman–Crippen MR) is 70.3 cm³/mol. The number of halogens is 1. The standard InChI is InChI=1S/C15H10FN3/c16-11-4-3-5-12(10-11)19-15(8-9-17)13-6-1-2-7-14(13)18-19/h1-7,10H,8H2. The summed E-state index contributed by atoms with van der Waals surface area (Å²) in [5.74, 6) is -0.319. The first kappa shape index (κ1) is 11.4. The first-order chi connectivity index (χ1) is 9.29. The van der Waals surface area contributed by atoms with Gasteiger partial charge in [0.25, 0.3) is 0 Å². The van der Waals surface area contributed by atoms with E-state index in [0.717, 1.165) is 16.6 Å². The fourth-order valence-corrected chi connectivity index (χ4v) is 2.15. The molecule has 0 N–H and O–H groups in total. The summed E-state index contributed by atoms with van der Waals surface area (Å²) in [6.45, 7) is 0. The number of nitrogens with zero attached hydrogens (tertiary/aromatic N) is 3. The fraction of sp³-hybridized carbons (Fsp3) is 0.0667. The topological polar surface area (TPSA) is 41.6 Å². The lowest BCUT2D eigenvalue weighted by molar-refractivity contribution is 0.625. The van der Waals surface area contributed by atoms with E-state index in [1.54, 1.807) is 16.8 Å². The SMILES string of the molecule is N#CCc1c2ccccc2nn1-c1cccc(F)c1. The summed E-state index contributed by atoms with van der Waals surface area (Å²) < 4.78 is 15.0. The van der Waals surface area contributed by atoms with Crippen molar-refractivity contribution in [3.63, 3.8) is 0 Å². The lowest BCUT2D eigenvalue weighted by atomic mass is 10.1. The summed E-state index contributed by atoms with van der Waals surface area (Å²) in [7, 11) is 0. The molecule has 0 amide bonds. The van der Waals surface area contributed by atoms with Crippen molar-refractivity contribution in [1.82, 2.24) is 9.78 Å². The number of benzene rings is 2. The summed E-state index contributed by atoms with van der Waals surface area (Å²) in [6, 6.07) is 15.9. The number of hydrogen-bond donors (Lipinski definition) is 0. The van der Waals surface area contributed by atoms with Crippen molar-refractivity contribution in [3.8, 4) is 11.8 Å². The van der Waals surface area contributed by atoms with Gasteiger partial charge < -0.3 is 0 Å². The molecule has 0 saturated carbocycles. The molecule has 0 radical (unpaired) electrons. The average molecular weight is 251 g/mol. The van der Waals surface area contributed by atoms with Gasteiger partial charge in [-0.15, -0.1) is 0 Å². The van der Waals surface area contributed by atoms with Crippen LogP contribution in [0.15, 0.2) is 48.5 Å². The lowest BCUT2D eigenvalue weighted by Crippen LogP contribution is -2.02. The van der Waals surface area contributed by atoms with E-state index in [1.165, 1.54) is 12.1 Å². The van der Waals surface area contributed by atoms with Crippen LogP contribution in [0.3, 0.4) is 0 Å². The van der Waals surface area contributed by atoms with E-state index in [9.17, 15) is 4.39 Å². The van der Waals surface area contributed by atoms with E-state index >= 15 is 0 Å². The zero-order valence-electron chi connectivity index (χ0n) is 10.0. The number of rotatable bonds is 2. The van der Waals surface area contributed by atoms with Crippen LogP contribution in [0.4, 0.5) is 4.39 Å². The highest BCUT2D eigenvalue weighted by atomic mass is 19.1. The third kappa shape index (κ3) is 1.95. The van der Waals surface area contributed by atoms with Gasteiger partial charge in [-0.2, -0.15) is 10.4 Å². The second-order valence-electron chi connectivity index (χ2n) is 4.19. The van der Waals surface area contributed by atoms with Gasteiger partial charge in [-0.3, -0.25) is 0 Å². The fourth-order valence-electron chi connectivity index (χ4n) is 2.15. The molecule has 1 heterocycles. The Morgan fingerprint density at radius 3 is 2.79 bits per heavy atom. The van der Waals surface area contributed by atoms with Crippen LogP contribution in [0.25, 0.3) is 16.6 Å². The summed E-state index contributed by atoms with van der Waals surface area (Å²) in [5, 5.41) is 14.3. The van der Waals surface area contributed by atoms with Crippen molar-refractivity contribution in [2.45, 2.75) is 6.42 Å². The van der Waals surface area contributed by atoms with Gasteiger partial charge in [0.2, 0.25) is 0 Å². The van der Waals surface area contributed by atoms with E-state index in [1.807, 2.05) is 24.3 Å². The van der Waals surface area contributed by atoms with E-state index in [-0.39, 0.29) is 12.2 Å². The Morgan fingerprint density at radius 1 is 1.16 bits per heavy atom. The molecule has 0 aliphatic carbocycles. The molecule has 0 aliphatic heterocycles. The van der Waals surface area contributed by atoms with Crippen LogP contribution in [-0.2, 0) is 6.42 Å². The molecule has 0 spiro atoms. The Hall–Kier alpha value is -2.67. The molecule has 0 unspecified atom stereocenters. The van der Waals surface area contributed by atoms with Gasteiger partial charge in [-0.05, 0) is 24.3 Å². The first-order valence-electron chi connectivity index (χ1n) is 5.89. The molecule has 0 aliphatic rings. The molecule has 92 valence electrons. The predicted octanol–water partition coefficient (Wildman–Crippen LogP) is 3.23. The van der Waals surface area contributed by atoms with Crippen LogP contribution < -0.4 is 0 Å². The van der Waals surface area contributed by atoms with E-state index < -0.39 is 0 Å². The third-order valence-corrected chi connectivity index (χ3v) is 2.98. The van der Waals surface area contributed by atoms with Crippen LogP contribution in [0.5, 0.6) is 0 Å². The maximum atomic E-state index is 13.3. The Balaban J connectivity index is 2.28. The van der Waals surface area contributed by atoms with Crippen LogP contribution >= 0.6 is 0 Å². The molecule has 3 rings (SSSR count). The second-order valence-corrected chi connectivity index (χ2v) is 4.19. The Labute approximate surface area is 109 Å². The average Bonchev–Trinajstić information content (AvgIpc) is 2.79. The van der Waals surface area contributed by atoms with Crippen molar-refractivity contribution < 1.29 is 4.39 Å². The minimum atomic E-state index is -0.319. The third-order valence-electron chi connectivity index (χ3n) is 2.98. The van der Waals surface area contributed by atoms with Crippen molar-refractivity contribution in [3.05, 3.63) is 60.0 Å². The zero-order chi connectivity index (χ0) is 13.2. The van der Waals surface area contributed by atoms with Crippen LogP contribution in [0, 0.1) is 17.1 Å². The van der Waals surface area contributed by atoms with Crippen molar-refractivity contribution in [2.75, 3.05) is 0 Å². The zero-order valence-corrected chi connectivity index (χ0v) is 10.0. The van der Waals surface area contributed by atoms with E-state index in [0.29, 0.717) is 5.69 Å². The molecule has 19 heavy (non-hydrogen) atoms. The molecule has 3 nitrogen and oxygen atoms in total. The molecular weight excluding hydrogens is 241 g/mol. The quantitative estimate of drug-likeness (QED) is 0.701. The first-order valence-corrected chi connectivity index (χ1v) is 5.89. The largest absolute Gasteiger partial charge is 0.235 e. The van der Waals surface area contributed by atoms with Gasteiger partial charge in [0.15, 0.2) is 0 Å². The van der Waals surface area contributed by atoms with Gasteiger partial charge in [0, 0.05) is 5.39 Å². The van der Waals surface area contributed by atoms with Crippen LogP contribution in [0.2, 0.25) is 0 Å². The number of fused-ring (bicyclic) bond motifs is 1. The molecule has 0 fully saturated rings. The maximum absolute atomic E-state index is 13.3. The Morgan fingerprint density at radius 2 is 2.00 bits per heavy atom. The van der Waals surface area contributed by atoms with Gasteiger partial charge in [-0.25, -0.2) is 9.07 Å². The normalized spacial score (nSPS) is 10.5. The number of nitriles is 1. The van der Waals surface area contributed by atoms with Gasteiger partial charge in [0.1, 0.15) is 5.82 Å². The van der Waals surface area contributed by atoms with Crippen molar-refractivity contribution in [2.24, 2.45) is 0 Å². The summed E-state index contributed by atoms with van der Waals surface area (Å²) >= 11 is 0. The van der Waals surface area contributed by atoms with Crippen LogP contribution in [0.1, 0.15) is 5.69 Å². The van der Waals surface area contributed by atoms with Crippen molar-refractivity contribution >= 4 is 10.9 Å². The number of aromatic nitrogens is 2. The summed E-state index contributed by atoms with van der Waals surface area (Å²) in [5.41, 5.74) is 2.21. The van der Waals surface area contributed by atoms with Gasteiger partial charge >= 0.3 is 0 Å². The molecule has 0 bridgehead atoms. The highest BCUT2D eigenvalue weighted by Crippen LogP contribution is 2.22. The highest BCUT2D eigenvalue weighted by molar-refractivity contribution is 5.82. The van der Waals surface area contributed by atoms with E-state index in [2.05, 4.69) is 11.2 Å². The molecule has 3 aromatic rings. The molecule has 1 aromatic heterocycles. The molecule has 2 aromatic carbocycles. The highest BCUT2D eigenvalue weighted by Gasteiger charge is 2.12. The molecule has 0 atom stereocenters. The lowest BCUT2D eigenvalue weighted by Gasteiger charge is -2.05. The maximum Gasteiger partial charge on any atom is 0.125 e. The Kier molecular flexibility index (Phi) is 2.73.